The maximum atomic E-state index is 11.7. The van der Waals surface area contributed by atoms with E-state index < -0.39 is 12.6 Å². The summed E-state index contributed by atoms with van der Waals surface area (Å²) in [5, 5.41) is 0. The third kappa shape index (κ3) is 13.0. The van der Waals surface area contributed by atoms with Crippen molar-refractivity contribution >= 4 is 0 Å². The van der Waals surface area contributed by atoms with Crippen LogP contribution in [0.3, 0.4) is 0 Å². The van der Waals surface area contributed by atoms with Crippen molar-refractivity contribution in [2.75, 3.05) is 0 Å². The van der Waals surface area contributed by atoms with Gasteiger partial charge in [0.25, 0.3) is 0 Å². The first-order valence-corrected chi connectivity index (χ1v) is 5.60. The van der Waals surface area contributed by atoms with Crippen LogP contribution in [-0.2, 0) is 6.42 Å². The fourth-order valence-electron chi connectivity index (χ4n) is 0.827. The molecule has 1 aromatic carbocycles. The van der Waals surface area contributed by atoms with Gasteiger partial charge in [0.2, 0.25) is 0 Å². The van der Waals surface area contributed by atoms with E-state index in [9.17, 15) is 13.2 Å². The fourth-order valence-corrected chi connectivity index (χ4v) is 0.827. The summed E-state index contributed by atoms with van der Waals surface area (Å²) >= 11 is 0. The van der Waals surface area contributed by atoms with Gasteiger partial charge in [-0.1, -0.05) is 64.4 Å². The second-order valence-corrected chi connectivity index (χ2v) is 2.98. The van der Waals surface area contributed by atoms with Crippen LogP contribution in [0.5, 0.6) is 0 Å². The van der Waals surface area contributed by atoms with Gasteiger partial charge in [0.15, 0.2) is 0 Å². The predicted molar refractivity (Wildman–Crippen MR) is 63.5 cm³/mol. The minimum atomic E-state index is -4.10. The monoisotopic (exact) mass is 234 g/mol. The molecule has 0 aliphatic carbocycles. The van der Waals surface area contributed by atoms with Gasteiger partial charge in [-0.05, 0) is 5.56 Å². The Kier molecular flexibility index (Phi) is 11.5. The summed E-state index contributed by atoms with van der Waals surface area (Å²) < 4.78 is 35.2. The molecular weight excluding hydrogens is 213 g/mol. The standard InChI is InChI=1S/C8H7F3.C3H8.C2H6/c9-8(10,11)6-7-4-2-1-3-5-7;1-3-2;1-2/h1-5H,6H2;3H2,1-2H3;1-2H3. The van der Waals surface area contributed by atoms with Crippen LogP contribution in [0, 0.1) is 0 Å². The van der Waals surface area contributed by atoms with E-state index >= 15 is 0 Å². The van der Waals surface area contributed by atoms with Gasteiger partial charge in [-0.2, -0.15) is 13.2 Å². The van der Waals surface area contributed by atoms with Crippen molar-refractivity contribution in [3.63, 3.8) is 0 Å². The molecule has 0 bridgehead atoms. The topological polar surface area (TPSA) is 0 Å². The number of alkyl halides is 3. The Balaban J connectivity index is 0. The molecule has 0 fully saturated rings. The van der Waals surface area contributed by atoms with E-state index in [-0.39, 0.29) is 0 Å². The van der Waals surface area contributed by atoms with E-state index in [0.717, 1.165) is 0 Å². The molecule has 94 valence electrons. The molecule has 0 atom stereocenters. The maximum Gasteiger partial charge on any atom is 0.393 e. The molecule has 0 aromatic heterocycles. The summed E-state index contributed by atoms with van der Waals surface area (Å²) in [6.45, 7) is 8.25. The van der Waals surface area contributed by atoms with Crippen molar-refractivity contribution < 1.29 is 13.2 Å². The highest BCUT2D eigenvalue weighted by Gasteiger charge is 2.27. The Morgan fingerprint density at radius 2 is 1.31 bits per heavy atom. The van der Waals surface area contributed by atoms with Crippen molar-refractivity contribution in [3.8, 4) is 0 Å². The van der Waals surface area contributed by atoms with Gasteiger partial charge >= 0.3 is 6.18 Å². The molecule has 0 saturated heterocycles. The van der Waals surface area contributed by atoms with Gasteiger partial charge in [0.1, 0.15) is 0 Å². The average Bonchev–Trinajstić information content (AvgIpc) is 2.21. The molecule has 1 aromatic rings. The molecule has 16 heavy (non-hydrogen) atoms. The molecule has 0 N–H and O–H groups in total. The molecular formula is C13H21F3. The molecule has 0 saturated carbocycles. The molecule has 0 amide bonds. The lowest BCUT2D eigenvalue weighted by atomic mass is 10.1. The lowest BCUT2D eigenvalue weighted by Crippen LogP contribution is -2.11. The SMILES string of the molecule is CC.CCC.FC(F)(F)Cc1ccccc1. The third-order valence-corrected chi connectivity index (χ3v) is 1.25. The van der Waals surface area contributed by atoms with Gasteiger partial charge in [0, 0.05) is 0 Å². The lowest BCUT2D eigenvalue weighted by molar-refractivity contribution is -0.127. The van der Waals surface area contributed by atoms with Gasteiger partial charge in [-0.15, -0.1) is 0 Å². The molecule has 0 aliphatic rings. The van der Waals surface area contributed by atoms with Crippen LogP contribution in [0.15, 0.2) is 30.3 Å². The zero-order valence-electron chi connectivity index (χ0n) is 10.4. The average molecular weight is 234 g/mol. The van der Waals surface area contributed by atoms with Gasteiger partial charge in [-0.25, -0.2) is 0 Å². The molecule has 3 heteroatoms. The van der Waals surface area contributed by atoms with Crippen LogP contribution in [0.2, 0.25) is 0 Å². The first-order chi connectivity index (χ1) is 7.49. The Labute approximate surface area is 96.5 Å². The van der Waals surface area contributed by atoms with E-state index in [1.54, 1.807) is 18.2 Å². The highest BCUT2D eigenvalue weighted by atomic mass is 19.4. The van der Waals surface area contributed by atoms with Crippen molar-refractivity contribution in [1.82, 2.24) is 0 Å². The van der Waals surface area contributed by atoms with Gasteiger partial charge in [0.05, 0.1) is 6.42 Å². The normalized spacial score (nSPS) is 9.44. The van der Waals surface area contributed by atoms with E-state index in [2.05, 4.69) is 13.8 Å². The summed E-state index contributed by atoms with van der Waals surface area (Å²) in [5.41, 5.74) is 0.306. The first-order valence-electron chi connectivity index (χ1n) is 5.60. The Hall–Kier alpha value is -0.990. The number of rotatable bonds is 1. The highest BCUT2D eigenvalue weighted by Crippen LogP contribution is 2.20. The minimum Gasteiger partial charge on any atom is -0.171 e. The van der Waals surface area contributed by atoms with E-state index in [1.807, 2.05) is 13.8 Å². The smallest absolute Gasteiger partial charge is 0.171 e. The predicted octanol–water partition coefficient (Wildman–Crippen LogP) is 5.23. The van der Waals surface area contributed by atoms with Gasteiger partial charge in [-0.3, -0.25) is 0 Å². The zero-order valence-corrected chi connectivity index (χ0v) is 10.4. The van der Waals surface area contributed by atoms with Crippen molar-refractivity contribution in [2.24, 2.45) is 0 Å². The molecule has 0 unspecified atom stereocenters. The first kappa shape index (κ1) is 17.4. The highest BCUT2D eigenvalue weighted by molar-refractivity contribution is 5.15. The second-order valence-electron chi connectivity index (χ2n) is 2.98. The number of halogens is 3. The van der Waals surface area contributed by atoms with Crippen molar-refractivity contribution in [2.45, 2.75) is 46.7 Å². The summed E-state index contributed by atoms with van der Waals surface area (Å²) in [6, 6.07) is 7.82. The number of hydrogen-bond donors (Lipinski definition) is 0. The van der Waals surface area contributed by atoms with Crippen LogP contribution < -0.4 is 0 Å². The summed E-state index contributed by atoms with van der Waals surface area (Å²) in [5.74, 6) is 0. The number of hydrogen-bond acceptors (Lipinski definition) is 0. The Bertz CT molecular complexity index is 227. The maximum absolute atomic E-state index is 11.7. The summed E-state index contributed by atoms with van der Waals surface area (Å²) in [6.07, 6.45) is -3.69. The van der Waals surface area contributed by atoms with E-state index in [0.29, 0.717) is 5.56 Å². The van der Waals surface area contributed by atoms with E-state index in [4.69, 9.17) is 0 Å². The minimum absolute atomic E-state index is 0.306. The van der Waals surface area contributed by atoms with Crippen LogP contribution in [-0.4, -0.2) is 6.18 Å². The summed E-state index contributed by atoms with van der Waals surface area (Å²) in [7, 11) is 0. The van der Waals surface area contributed by atoms with Crippen LogP contribution >= 0.6 is 0 Å². The molecule has 0 heterocycles. The number of benzene rings is 1. The van der Waals surface area contributed by atoms with Crippen molar-refractivity contribution in [1.29, 1.82) is 0 Å². The zero-order chi connectivity index (χ0) is 13.0. The summed E-state index contributed by atoms with van der Waals surface area (Å²) in [4.78, 5) is 0. The van der Waals surface area contributed by atoms with Crippen LogP contribution in [0.1, 0.15) is 39.7 Å². The van der Waals surface area contributed by atoms with E-state index in [1.165, 1.54) is 18.6 Å². The molecule has 0 spiro atoms. The fraction of sp³-hybridized carbons (Fsp3) is 0.538. The molecule has 0 nitrogen and oxygen atoms in total. The lowest BCUT2D eigenvalue weighted by Gasteiger charge is -2.04. The third-order valence-electron chi connectivity index (χ3n) is 1.25. The molecule has 0 aliphatic heterocycles. The Morgan fingerprint density at radius 1 is 0.938 bits per heavy atom. The van der Waals surface area contributed by atoms with Gasteiger partial charge < -0.3 is 0 Å². The second kappa shape index (κ2) is 10.5. The van der Waals surface area contributed by atoms with Crippen LogP contribution in [0.4, 0.5) is 13.2 Å². The Morgan fingerprint density at radius 3 is 1.62 bits per heavy atom. The van der Waals surface area contributed by atoms with Crippen molar-refractivity contribution in [3.05, 3.63) is 35.9 Å². The van der Waals surface area contributed by atoms with Crippen LogP contribution in [0.25, 0.3) is 0 Å². The largest absolute Gasteiger partial charge is 0.393 e. The molecule has 0 radical (unpaired) electrons. The quantitative estimate of drug-likeness (QED) is 0.623. The molecule has 1 rings (SSSR count).